The van der Waals surface area contributed by atoms with Crippen molar-refractivity contribution >= 4 is 17.5 Å². The molecule has 7 heteroatoms. The first-order valence-corrected chi connectivity index (χ1v) is 9.67. The fraction of sp³-hybridized carbons (Fsp3) is 0.333. The molecule has 0 unspecified atom stereocenters. The fourth-order valence-corrected chi connectivity index (χ4v) is 3.93. The highest BCUT2D eigenvalue weighted by Crippen LogP contribution is 2.53. The maximum absolute atomic E-state index is 12.8. The molecule has 2 aromatic heterocycles. The molecule has 5 rings (SSSR count). The molecule has 1 saturated heterocycles. The Morgan fingerprint density at radius 2 is 1.75 bits per heavy atom. The van der Waals surface area contributed by atoms with E-state index < -0.39 is 0 Å². The van der Waals surface area contributed by atoms with Crippen LogP contribution in [-0.4, -0.2) is 38.7 Å². The molecule has 7 nitrogen and oxygen atoms in total. The van der Waals surface area contributed by atoms with Crippen LogP contribution in [0.3, 0.4) is 0 Å². The molecule has 142 valence electrons. The zero-order valence-corrected chi connectivity index (χ0v) is 15.6. The lowest BCUT2D eigenvalue weighted by atomic mass is 9.93. The van der Waals surface area contributed by atoms with Gasteiger partial charge in [0.2, 0.25) is 11.8 Å². The summed E-state index contributed by atoms with van der Waals surface area (Å²) in [6, 6.07) is 13.1. The van der Waals surface area contributed by atoms with E-state index >= 15 is 0 Å². The molecule has 0 atom stereocenters. The van der Waals surface area contributed by atoms with Gasteiger partial charge in [0.25, 0.3) is 5.91 Å². The Hall–Kier alpha value is -3.22. The van der Waals surface area contributed by atoms with Gasteiger partial charge in [-0.05, 0) is 67.5 Å². The zero-order valence-electron chi connectivity index (χ0n) is 15.6. The minimum atomic E-state index is -0.297. The van der Waals surface area contributed by atoms with Crippen LogP contribution in [0, 0.1) is 5.41 Å². The molecular weight excluding hydrogens is 352 g/mol. The molecule has 28 heavy (non-hydrogen) atoms. The van der Waals surface area contributed by atoms with Gasteiger partial charge in [0.15, 0.2) is 0 Å². The maximum atomic E-state index is 12.8. The van der Waals surface area contributed by atoms with E-state index in [1.165, 1.54) is 25.7 Å². The maximum Gasteiger partial charge on any atom is 0.281 e. The van der Waals surface area contributed by atoms with Crippen molar-refractivity contribution in [1.29, 1.82) is 0 Å². The summed E-state index contributed by atoms with van der Waals surface area (Å²) >= 11 is 0. The average molecular weight is 374 g/mol. The molecule has 1 aliphatic heterocycles. The van der Waals surface area contributed by atoms with Gasteiger partial charge in [0.05, 0.1) is 0 Å². The third kappa shape index (κ3) is 3.02. The highest BCUT2D eigenvalue weighted by Gasteiger charge is 2.44. The zero-order chi connectivity index (χ0) is 19.1. The molecule has 3 heterocycles. The SMILES string of the molecule is Nc1nc(-c2ccccn2)nn1C(=O)c1ccc(N2CCC3(CC2)CC3)cc1. The Morgan fingerprint density at radius 3 is 2.39 bits per heavy atom. The van der Waals surface area contributed by atoms with E-state index in [0.29, 0.717) is 22.5 Å². The van der Waals surface area contributed by atoms with Crippen LogP contribution in [0.2, 0.25) is 0 Å². The number of hydrogen-bond donors (Lipinski definition) is 1. The molecule has 1 spiro atoms. The van der Waals surface area contributed by atoms with E-state index in [1.807, 2.05) is 36.4 Å². The second-order valence-corrected chi connectivity index (χ2v) is 7.76. The summed E-state index contributed by atoms with van der Waals surface area (Å²) in [5.74, 6) is 0.0974. The number of hydrogen-bond acceptors (Lipinski definition) is 6. The number of aromatic nitrogens is 4. The molecule has 2 fully saturated rings. The lowest BCUT2D eigenvalue weighted by Gasteiger charge is -2.33. The summed E-state index contributed by atoms with van der Waals surface area (Å²) in [5.41, 5.74) is 8.85. The summed E-state index contributed by atoms with van der Waals surface area (Å²) in [6.45, 7) is 2.19. The lowest BCUT2D eigenvalue weighted by Crippen LogP contribution is -2.34. The molecule has 2 N–H and O–H groups in total. The van der Waals surface area contributed by atoms with Gasteiger partial charge >= 0.3 is 0 Å². The van der Waals surface area contributed by atoms with Crippen LogP contribution in [-0.2, 0) is 0 Å². The number of nitrogen functional groups attached to an aromatic ring is 1. The van der Waals surface area contributed by atoms with Crippen molar-refractivity contribution in [2.45, 2.75) is 25.7 Å². The first-order chi connectivity index (χ1) is 13.6. The fourth-order valence-electron chi connectivity index (χ4n) is 3.93. The first-order valence-electron chi connectivity index (χ1n) is 9.67. The van der Waals surface area contributed by atoms with Gasteiger partial charge in [-0.3, -0.25) is 9.78 Å². The van der Waals surface area contributed by atoms with Gasteiger partial charge in [-0.1, -0.05) is 6.07 Å². The quantitative estimate of drug-likeness (QED) is 0.758. The second kappa shape index (κ2) is 6.44. The predicted molar refractivity (Wildman–Crippen MR) is 107 cm³/mol. The van der Waals surface area contributed by atoms with E-state index in [4.69, 9.17) is 5.73 Å². The molecule has 0 bridgehead atoms. The summed E-state index contributed by atoms with van der Waals surface area (Å²) in [6.07, 6.45) is 7.00. The van der Waals surface area contributed by atoms with Gasteiger partial charge < -0.3 is 10.6 Å². The van der Waals surface area contributed by atoms with Gasteiger partial charge in [0.1, 0.15) is 5.69 Å². The second-order valence-electron chi connectivity index (χ2n) is 7.76. The summed E-state index contributed by atoms with van der Waals surface area (Å²) in [4.78, 5) is 23.6. The molecule has 3 aromatic rings. The highest BCUT2D eigenvalue weighted by atomic mass is 16.2. The predicted octanol–water partition coefficient (Wildman–Crippen LogP) is 2.99. The van der Waals surface area contributed by atoms with E-state index in [1.54, 1.807) is 12.3 Å². The number of rotatable bonds is 3. The molecule has 0 amide bonds. The number of nitrogens with two attached hydrogens (primary N) is 1. The average Bonchev–Trinajstić information content (AvgIpc) is 3.38. The van der Waals surface area contributed by atoms with E-state index in [2.05, 4.69) is 20.0 Å². The Balaban J connectivity index is 1.34. The van der Waals surface area contributed by atoms with Gasteiger partial charge in [-0.25, -0.2) is 0 Å². The molecule has 1 aromatic carbocycles. The number of benzene rings is 1. The smallest absolute Gasteiger partial charge is 0.281 e. The van der Waals surface area contributed by atoms with Crippen molar-refractivity contribution in [2.75, 3.05) is 23.7 Å². The molecule has 1 aliphatic carbocycles. The van der Waals surface area contributed by atoms with Crippen molar-refractivity contribution in [3.63, 3.8) is 0 Å². The first kappa shape index (κ1) is 16.9. The molecule has 2 aliphatic rings. The number of piperidine rings is 1. The van der Waals surface area contributed by atoms with E-state index in [-0.39, 0.29) is 11.9 Å². The van der Waals surface area contributed by atoms with Crippen molar-refractivity contribution in [1.82, 2.24) is 19.7 Å². The monoisotopic (exact) mass is 374 g/mol. The van der Waals surface area contributed by atoms with E-state index in [0.717, 1.165) is 23.5 Å². The minimum Gasteiger partial charge on any atom is -0.371 e. The van der Waals surface area contributed by atoms with Crippen LogP contribution >= 0.6 is 0 Å². The normalized spacial score (nSPS) is 17.6. The van der Waals surface area contributed by atoms with Crippen molar-refractivity contribution < 1.29 is 4.79 Å². The van der Waals surface area contributed by atoms with E-state index in [9.17, 15) is 4.79 Å². The largest absolute Gasteiger partial charge is 0.371 e. The third-order valence-corrected chi connectivity index (χ3v) is 5.98. The Bertz CT molecular complexity index is 997. The Kier molecular flexibility index (Phi) is 3.89. The van der Waals surface area contributed by atoms with Crippen LogP contribution in [0.4, 0.5) is 11.6 Å². The Labute approximate surface area is 163 Å². The number of nitrogens with zero attached hydrogens (tertiary/aromatic N) is 5. The van der Waals surface area contributed by atoms with Crippen LogP contribution in [0.5, 0.6) is 0 Å². The number of pyridine rings is 1. The summed E-state index contributed by atoms with van der Waals surface area (Å²) in [7, 11) is 0. The van der Waals surface area contributed by atoms with Crippen molar-refractivity contribution in [3.8, 4) is 11.5 Å². The topological polar surface area (TPSA) is 89.9 Å². The summed E-state index contributed by atoms with van der Waals surface area (Å²) < 4.78 is 1.14. The highest BCUT2D eigenvalue weighted by molar-refractivity contribution is 5.97. The van der Waals surface area contributed by atoms with Gasteiger partial charge in [0, 0.05) is 30.5 Å². The number of carbonyl (C=O) groups excluding carboxylic acids is 1. The van der Waals surface area contributed by atoms with Crippen LogP contribution in [0.25, 0.3) is 11.5 Å². The molecular formula is C21H22N6O. The third-order valence-electron chi connectivity index (χ3n) is 5.98. The molecule has 1 saturated carbocycles. The standard InChI is InChI=1S/C21H22N6O/c22-20-24-18(17-3-1-2-12-23-17)25-27(20)19(28)15-4-6-16(7-5-15)26-13-10-21(8-9-21)11-14-26/h1-7,12H,8-11,13-14H2,(H2,22,24,25). The van der Waals surface area contributed by atoms with Crippen LogP contribution in [0.15, 0.2) is 48.7 Å². The van der Waals surface area contributed by atoms with Crippen molar-refractivity contribution in [3.05, 3.63) is 54.2 Å². The Morgan fingerprint density at radius 1 is 1.00 bits per heavy atom. The lowest BCUT2D eigenvalue weighted by molar-refractivity contribution is 0.0948. The van der Waals surface area contributed by atoms with Gasteiger partial charge in [-0.15, -0.1) is 5.10 Å². The van der Waals surface area contributed by atoms with Gasteiger partial charge in [-0.2, -0.15) is 9.67 Å². The summed E-state index contributed by atoms with van der Waals surface area (Å²) in [5, 5.41) is 4.25. The molecule has 0 radical (unpaired) electrons. The van der Waals surface area contributed by atoms with Crippen LogP contribution in [0.1, 0.15) is 36.0 Å². The van der Waals surface area contributed by atoms with Crippen LogP contribution < -0.4 is 10.6 Å². The van der Waals surface area contributed by atoms with Crippen molar-refractivity contribution in [2.24, 2.45) is 5.41 Å². The number of carbonyl (C=O) groups is 1. The number of anilines is 2. The minimum absolute atomic E-state index is 0.0560.